The van der Waals surface area contributed by atoms with Gasteiger partial charge in [0.05, 0.1) is 19.4 Å². The average molecular weight is 342 g/mol. The van der Waals surface area contributed by atoms with E-state index in [4.69, 9.17) is 4.74 Å². The van der Waals surface area contributed by atoms with Crippen molar-refractivity contribution in [3.8, 4) is 0 Å². The van der Waals surface area contributed by atoms with Crippen LogP contribution in [0.3, 0.4) is 0 Å². The van der Waals surface area contributed by atoms with Gasteiger partial charge in [-0.2, -0.15) is 0 Å². The van der Waals surface area contributed by atoms with Crippen LogP contribution in [-0.4, -0.2) is 66.7 Å². The molecule has 0 bridgehead atoms. The van der Waals surface area contributed by atoms with Crippen LogP contribution in [0.4, 0.5) is 11.6 Å². The summed E-state index contributed by atoms with van der Waals surface area (Å²) in [5.41, 5.74) is 0. The number of hydrogen-bond donors (Lipinski definition) is 1. The number of fused-ring (bicyclic) bond motifs is 1. The van der Waals surface area contributed by atoms with Crippen LogP contribution in [0.25, 0.3) is 0 Å². The molecule has 1 aromatic rings. The predicted octanol–water partition coefficient (Wildman–Crippen LogP) is 0.328. The number of morpholine rings is 1. The van der Waals surface area contributed by atoms with Gasteiger partial charge in [0.25, 0.3) is 0 Å². The summed E-state index contributed by atoms with van der Waals surface area (Å²) >= 11 is 3.32. The standard InChI is InChI=1S/C12H16BrN5O2/c13-9-7-14-11-12(15-9)18(10(8-19)16-11)2-1-17-3-5-20-6-4-17/h7-8,10H,1-6H2,(H,14,16). The molecule has 0 amide bonds. The first kappa shape index (κ1) is 13.7. The number of halogens is 1. The van der Waals surface area contributed by atoms with Crippen molar-refractivity contribution in [2.24, 2.45) is 0 Å². The minimum Gasteiger partial charge on any atom is -0.379 e. The summed E-state index contributed by atoms with van der Waals surface area (Å²) in [5.74, 6) is 1.39. The first-order chi connectivity index (χ1) is 9.78. The van der Waals surface area contributed by atoms with Crippen LogP contribution in [0.2, 0.25) is 0 Å². The van der Waals surface area contributed by atoms with E-state index in [9.17, 15) is 4.79 Å². The van der Waals surface area contributed by atoms with E-state index in [0.29, 0.717) is 10.4 Å². The Morgan fingerprint density at radius 3 is 3.00 bits per heavy atom. The van der Waals surface area contributed by atoms with Crippen molar-refractivity contribution < 1.29 is 9.53 Å². The van der Waals surface area contributed by atoms with E-state index in [1.54, 1.807) is 6.20 Å². The van der Waals surface area contributed by atoms with Crippen molar-refractivity contribution in [3.63, 3.8) is 0 Å². The Kier molecular flexibility index (Phi) is 4.13. The highest BCUT2D eigenvalue weighted by molar-refractivity contribution is 9.10. The van der Waals surface area contributed by atoms with Gasteiger partial charge in [0.15, 0.2) is 24.1 Å². The average Bonchev–Trinajstić information content (AvgIpc) is 2.83. The zero-order chi connectivity index (χ0) is 13.9. The molecule has 108 valence electrons. The molecule has 8 heteroatoms. The maximum Gasteiger partial charge on any atom is 0.174 e. The maximum absolute atomic E-state index is 11.2. The summed E-state index contributed by atoms with van der Waals surface area (Å²) in [6.07, 6.45) is 2.12. The third-order valence-electron chi connectivity index (χ3n) is 3.51. The van der Waals surface area contributed by atoms with Crippen molar-refractivity contribution in [1.29, 1.82) is 0 Å². The Morgan fingerprint density at radius 2 is 2.25 bits per heavy atom. The summed E-state index contributed by atoms with van der Waals surface area (Å²) in [6, 6.07) is 0. The smallest absolute Gasteiger partial charge is 0.174 e. The monoisotopic (exact) mass is 341 g/mol. The number of carbonyl (C=O) groups excluding carboxylic acids is 1. The molecule has 7 nitrogen and oxygen atoms in total. The molecule has 3 heterocycles. The summed E-state index contributed by atoms with van der Waals surface area (Å²) in [5, 5.41) is 3.07. The second kappa shape index (κ2) is 6.02. The number of ether oxygens (including phenoxy) is 1. The fraction of sp³-hybridized carbons (Fsp3) is 0.583. The van der Waals surface area contributed by atoms with E-state index in [1.165, 1.54) is 0 Å². The SMILES string of the molecule is O=CC1Nc2ncc(Br)nc2N1CCN1CCOCC1. The molecule has 1 unspecified atom stereocenters. The number of rotatable bonds is 4. The molecule has 2 aliphatic heterocycles. The van der Waals surface area contributed by atoms with Crippen molar-refractivity contribution in [1.82, 2.24) is 14.9 Å². The summed E-state index contributed by atoms with van der Waals surface area (Å²) in [7, 11) is 0. The molecule has 0 aliphatic carbocycles. The lowest BCUT2D eigenvalue weighted by Gasteiger charge is -2.29. The number of aromatic nitrogens is 2. The van der Waals surface area contributed by atoms with E-state index in [-0.39, 0.29) is 6.17 Å². The molecule has 1 aromatic heterocycles. The lowest BCUT2D eigenvalue weighted by Crippen LogP contribution is -2.45. The molecular weight excluding hydrogens is 326 g/mol. The number of anilines is 2. The first-order valence-corrected chi connectivity index (χ1v) is 7.38. The molecule has 0 saturated carbocycles. The van der Waals surface area contributed by atoms with Crippen molar-refractivity contribution >= 4 is 33.9 Å². The van der Waals surface area contributed by atoms with E-state index in [2.05, 4.69) is 36.1 Å². The lowest BCUT2D eigenvalue weighted by atomic mass is 10.3. The van der Waals surface area contributed by atoms with E-state index < -0.39 is 0 Å². The molecule has 1 saturated heterocycles. The Hall–Kier alpha value is -1.25. The number of nitrogens with one attached hydrogen (secondary N) is 1. The number of aldehydes is 1. The fourth-order valence-corrected chi connectivity index (χ4v) is 2.71. The first-order valence-electron chi connectivity index (χ1n) is 6.59. The Balaban J connectivity index is 1.70. The van der Waals surface area contributed by atoms with Crippen molar-refractivity contribution in [3.05, 3.63) is 10.8 Å². The van der Waals surface area contributed by atoms with Crippen LogP contribution in [0.15, 0.2) is 10.8 Å². The van der Waals surface area contributed by atoms with Gasteiger partial charge in [0.1, 0.15) is 4.60 Å². The minimum atomic E-state index is -0.389. The zero-order valence-electron chi connectivity index (χ0n) is 11.0. The van der Waals surface area contributed by atoms with Crippen LogP contribution in [0, 0.1) is 0 Å². The van der Waals surface area contributed by atoms with E-state index >= 15 is 0 Å². The van der Waals surface area contributed by atoms with Crippen LogP contribution in [0.5, 0.6) is 0 Å². The molecule has 0 radical (unpaired) electrons. The summed E-state index contributed by atoms with van der Waals surface area (Å²) in [4.78, 5) is 24.2. The highest BCUT2D eigenvalue weighted by Gasteiger charge is 2.31. The normalized spacial score (nSPS) is 22.4. The van der Waals surface area contributed by atoms with Gasteiger partial charge in [-0.05, 0) is 15.9 Å². The molecule has 0 spiro atoms. The van der Waals surface area contributed by atoms with Gasteiger partial charge in [-0.1, -0.05) is 0 Å². The van der Waals surface area contributed by atoms with Gasteiger partial charge < -0.3 is 15.0 Å². The number of carbonyl (C=O) groups is 1. The highest BCUT2D eigenvalue weighted by Crippen LogP contribution is 2.30. The second-order valence-corrected chi connectivity index (χ2v) is 5.55. The van der Waals surface area contributed by atoms with Gasteiger partial charge in [-0.15, -0.1) is 0 Å². The minimum absolute atomic E-state index is 0.389. The van der Waals surface area contributed by atoms with Crippen LogP contribution >= 0.6 is 15.9 Å². The van der Waals surface area contributed by atoms with Crippen LogP contribution < -0.4 is 10.2 Å². The molecule has 20 heavy (non-hydrogen) atoms. The quantitative estimate of drug-likeness (QED) is 0.791. The Bertz CT molecular complexity index is 495. The molecule has 1 fully saturated rings. The predicted molar refractivity (Wildman–Crippen MR) is 77.8 cm³/mol. The summed E-state index contributed by atoms with van der Waals surface area (Å²) < 4.78 is 6.00. The lowest BCUT2D eigenvalue weighted by molar-refractivity contribution is -0.108. The third-order valence-corrected chi connectivity index (χ3v) is 3.89. The topological polar surface area (TPSA) is 70.6 Å². The highest BCUT2D eigenvalue weighted by atomic mass is 79.9. The largest absolute Gasteiger partial charge is 0.379 e. The van der Waals surface area contributed by atoms with Gasteiger partial charge in [-0.25, -0.2) is 9.97 Å². The summed E-state index contributed by atoms with van der Waals surface area (Å²) in [6.45, 7) is 5.03. The van der Waals surface area contributed by atoms with E-state index in [0.717, 1.165) is 51.5 Å². The molecule has 1 N–H and O–H groups in total. The molecule has 1 atom stereocenters. The Labute approximate surface area is 125 Å². The molecule has 2 aliphatic rings. The zero-order valence-corrected chi connectivity index (χ0v) is 12.5. The van der Waals surface area contributed by atoms with Gasteiger partial charge >= 0.3 is 0 Å². The fourth-order valence-electron chi connectivity index (χ4n) is 2.44. The maximum atomic E-state index is 11.2. The van der Waals surface area contributed by atoms with Crippen LogP contribution in [0.1, 0.15) is 0 Å². The number of hydrogen-bond acceptors (Lipinski definition) is 7. The van der Waals surface area contributed by atoms with Crippen molar-refractivity contribution in [2.45, 2.75) is 6.17 Å². The number of nitrogens with zero attached hydrogens (tertiary/aromatic N) is 4. The van der Waals surface area contributed by atoms with Crippen molar-refractivity contribution in [2.75, 3.05) is 49.6 Å². The van der Waals surface area contributed by atoms with Crippen LogP contribution in [-0.2, 0) is 9.53 Å². The van der Waals surface area contributed by atoms with Gasteiger partial charge in [-0.3, -0.25) is 9.69 Å². The van der Waals surface area contributed by atoms with E-state index in [1.807, 2.05) is 4.90 Å². The Morgan fingerprint density at radius 1 is 1.45 bits per heavy atom. The molecule has 3 rings (SSSR count). The molecule has 0 aromatic carbocycles. The van der Waals surface area contributed by atoms with Gasteiger partial charge in [0, 0.05) is 26.2 Å². The third kappa shape index (κ3) is 2.77. The second-order valence-electron chi connectivity index (χ2n) is 4.74. The van der Waals surface area contributed by atoms with Gasteiger partial charge in [0.2, 0.25) is 0 Å². The molecular formula is C12H16BrN5O2.